The van der Waals surface area contributed by atoms with Crippen LogP contribution < -0.4 is 35.1 Å². The largest absolute Gasteiger partial charge is 0.481 e. The fourth-order valence-electron chi connectivity index (χ4n) is 9.96. The van der Waals surface area contributed by atoms with Crippen molar-refractivity contribution in [3.8, 4) is 51.0 Å². The Balaban J connectivity index is 0.000000187. The summed E-state index contributed by atoms with van der Waals surface area (Å²) in [5.74, 6) is -0.00963. The Morgan fingerprint density at radius 3 is 1.40 bits per heavy atom. The van der Waals surface area contributed by atoms with Crippen molar-refractivity contribution in [1.29, 1.82) is 0 Å². The van der Waals surface area contributed by atoms with Crippen molar-refractivity contribution in [2.24, 2.45) is 24.2 Å². The number of methoxy groups -OCH3 is 5. The SMILES string of the molecule is COC1(c2cc(S(N)(=O)=O)nn2C)COC1.COc1cc(-c2cc(F)cc(C(C)C)c2N)ccn1.COc1cc(-c2cc(F)cc(C(C)C)c2N=C=O)ccn1.COc1cc(-c2cc(F)cc(C(C)C)c2NC(=O)NS(=O)(=O)c2cc(C3(OC)COC3)n(C)n2)ccn1. The molecule has 93 heavy (non-hydrogen) atoms. The fourth-order valence-corrected chi connectivity index (χ4v) is 11.4. The quantitative estimate of drug-likeness (QED) is 0.0353. The van der Waals surface area contributed by atoms with Crippen LogP contribution in [0.1, 0.15) is 87.4 Å². The maximum Gasteiger partial charge on any atom is 0.333 e. The number of nitrogens with one attached hydrogen (secondary N) is 2. The van der Waals surface area contributed by atoms with Crippen LogP contribution in [0.2, 0.25) is 0 Å². The van der Waals surface area contributed by atoms with E-state index in [9.17, 15) is 39.6 Å². The van der Waals surface area contributed by atoms with E-state index in [0.717, 1.165) is 11.1 Å². The summed E-state index contributed by atoms with van der Waals surface area (Å²) in [7, 11) is 2.62. The summed E-state index contributed by atoms with van der Waals surface area (Å²) in [5.41, 5.74) is 12.6. The van der Waals surface area contributed by atoms with E-state index >= 15 is 0 Å². The van der Waals surface area contributed by atoms with Gasteiger partial charge in [0.25, 0.3) is 20.0 Å². The predicted molar refractivity (Wildman–Crippen MR) is 339 cm³/mol. The number of hydrogen-bond acceptors (Lipinski definition) is 20. The number of pyridine rings is 3. The number of nitrogens with zero attached hydrogens (tertiary/aromatic N) is 8. The molecule has 0 spiro atoms. The van der Waals surface area contributed by atoms with Crippen LogP contribution in [0.15, 0.2) is 119 Å². The average Bonchev–Trinajstić information content (AvgIpc) is 1.67. The van der Waals surface area contributed by atoms with Gasteiger partial charge in [0.05, 0.1) is 70.5 Å². The summed E-state index contributed by atoms with van der Waals surface area (Å²) in [6, 6.07) is 20.1. The number of nitrogens with two attached hydrogens (primary N) is 2. The lowest BCUT2D eigenvalue weighted by Gasteiger charge is -2.39. The van der Waals surface area contributed by atoms with E-state index in [1.165, 1.54) is 85.4 Å². The molecule has 0 unspecified atom stereocenters. The molecule has 2 aliphatic rings. The van der Waals surface area contributed by atoms with Crippen molar-refractivity contribution in [3.63, 3.8) is 0 Å². The van der Waals surface area contributed by atoms with Gasteiger partial charge in [-0.2, -0.15) is 23.6 Å². The molecule has 0 aliphatic carbocycles. The molecular formula is C63H73F3N12O13S2. The number of urea groups is 1. The van der Waals surface area contributed by atoms with Gasteiger partial charge in [-0.25, -0.2) is 56.0 Å². The minimum Gasteiger partial charge on any atom is -0.481 e. The maximum absolute atomic E-state index is 14.6. The highest BCUT2D eigenvalue weighted by molar-refractivity contribution is 7.90. The highest BCUT2D eigenvalue weighted by Crippen LogP contribution is 2.41. The van der Waals surface area contributed by atoms with Crippen LogP contribution in [-0.2, 0) is 69.1 Å². The van der Waals surface area contributed by atoms with E-state index in [0.29, 0.717) is 92.6 Å². The standard InChI is InChI=1S/C24H28FN5O6S.C16H15FN2O2.C15H17FN2O.C8H13N3O4S/c1-14(2)17-9-16(25)10-18(15-6-7-26-20(8-15)34-4)22(17)27-23(31)29-37(32,33)21-11-19(30(3)28-21)24(35-5)12-36-13-24;1-10(2)13-7-12(17)8-14(16(13)19-9-20)11-4-5-18-15(6-11)21-3;1-9(2)12-7-11(16)8-13(15(12)17)10-4-5-18-14(6-10)19-3;1-11-6(8(14-2)4-15-5-8)3-7(10-11)16(9,12)13/h6-11,14H,12-13H2,1-5H3,(H2,27,29,31);4-8,10H,1-3H3;4-9H,17H2,1-3H3;3H,4-5H2,1-2H3,(H2,9,12,13). The van der Waals surface area contributed by atoms with Crippen LogP contribution >= 0.6 is 0 Å². The monoisotopic (exact) mass is 1330 g/mol. The molecule has 2 aliphatic heterocycles. The molecule has 0 radical (unpaired) electrons. The summed E-state index contributed by atoms with van der Waals surface area (Å²) >= 11 is 0. The Labute approximate surface area is 536 Å². The van der Waals surface area contributed by atoms with Crippen molar-refractivity contribution < 1.29 is 72.8 Å². The minimum absolute atomic E-state index is 0.0234. The maximum atomic E-state index is 14.6. The van der Waals surface area contributed by atoms with Gasteiger partial charge in [-0.05, 0) is 106 Å². The van der Waals surface area contributed by atoms with Crippen LogP contribution in [0.4, 0.5) is 35.0 Å². The van der Waals surface area contributed by atoms with Gasteiger partial charge in [-0.1, -0.05) is 41.5 Å². The molecule has 5 aromatic heterocycles. The number of amides is 2. The van der Waals surface area contributed by atoms with Crippen LogP contribution in [0.3, 0.4) is 0 Å². The van der Waals surface area contributed by atoms with Crippen molar-refractivity contribution in [3.05, 3.63) is 149 Å². The molecule has 496 valence electrons. The summed E-state index contributed by atoms with van der Waals surface area (Å²) in [5, 5.41) is 15.0. The summed E-state index contributed by atoms with van der Waals surface area (Å²) in [6.07, 6.45) is 6.21. The number of aromatic nitrogens is 7. The van der Waals surface area contributed by atoms with E-state index in [-0.39, 0.29) is 58.3 Å². The van der Waals surface area contributed by atoms with Crippen LogP contribution in [0.5, 0.6) is 17.6 Å². The van der Waals surface area contributed by atoms with E-state index in [1.807, 2.05) is 46.3 Å². The summed E-state index contributed by atoms with van der Waals surface area (Å²) in [6.45, 7) is 12.7. The van der Waals surface area contributed by atoms with Crippen molar-refractivity contribution in [1.82, 2.24) is 39.2 Å². The molecular weight excluding hydrogens is 1250 g/mol. The van der Waals surface area contributed by atoms with Crippen LogP contribution in [-0.4, -0.2) is 125 Å². The number of carbonyl (C=O) groups excluding carboxylic acids is 2. The first-order valence-corrected chi connectivity index (χ1v) is 31.6. The Bertz CT molecular complexity index is 4280. The van der Waals surface area contributed by atoms with Gasteiger partial charge in [0, 0.05) is 99.6 Å². The Morgan fingerprint density at radius 2 is 1.00 bits per heavy atom. The van der Waals surface area contributed by atoms with Gasteiger partial charge >= 0.3 is 6.03 Å². The summed E-state index contributed by atoms with van der Waals surface area (Å²) < 4.78 is 132. The number of anilines is 2. The van der Waals surface area contributed by atoms with E-state index in [1.54, 1.807) is 83.2 Å². The van der Waals surface area contributed by atoms with Gasteiger partial charge in [-0.15, -0.1) is 0 Å². The lowest BCUT2D eigenvalue weighted by molar-refractivity contribution is -0.206. The topological polar surface area (TPSA) is 330 Å². The number of aliphatic imine (C=N–C) groups is 1. The molecule has 10 rings (SSSR count). The van der Waals surface area contributed by atoms with Gasteiger partial charge in [-0.3, -0.25) is 9.36 Å². The number of benzene rings is 3. The second-order valence-electron chi connectivity index (χ2n) is 22.2. The molecule has 0 atom stereocenters. The molecule has 2 amide bonds. The van der Waals surface area contributed by atoms with Crippen molar-refractivity contribution in [2.45, 2.75) is 80.6 Å². The number of aryl methyl sites for hydroxylation is 2. The second-order valence-corrected chi connectivity index (χ2v) is 25.3. The normalized spacial score (nSPS) is 13.8. The Hall–Kier alpha value is -9.13. The minimum atomic E-state index is -4.36. The summed E-state index contributed by atoms with van der Waals surface area (Å²) in [4.78, 5) is 39.6. The molecule has 0 saturated carbocycles. The Kier molecular flexibility index (Phi) is 23.1. The van der Waals surface area contributed by atoms with E-state index in [2.05, 4.69) is 35.5 Å². The number of carbonyl (C=O) groups is 1. The first-order valence-electron chi connectivity index (χ1n) is 28.5. The number of rotatable bonds is 18. The lowest BCUT2D eigenvalue weighted by atomic mass is 9.94. The number of primary sulfonamides is 1. The molecule has 0 bridgehead atoms. The number of isocyanates is 1. The van der Waals surface area contributed by atoms with E-state index in [4.69, 9.17) is 44.0 Å². The number of halogens is 3. The van der Waals surface area contributed by atoms with Gasteiger partial charge < -0.3 is 44.2 Å². The lowest BCUT2D eigenvalue weighted by Crippen LogP contribution is -2.49. The molecule has 2 saturated heterocycles. The zero-order valence-corrected chi connectivity index (χ0v) is 55.0. The number of hydrogen-bond donors (Lipinski definition) is 4. The first kappa shape index (κ1) is 71.3. The van der Waals surface area contributed by atoms with Crippen molar-refractivity contribution >= 4 is 49.2 Å². The third-order valence-corrected chi connectivity index (χ3v) is 17.0. The molecule has 3 aromatic carbocycles. The molecule has 7 heterocycles. The predicted octanol–water partition coefficient (Wildman–Crippen LogP) is 9.66. The van der Waals surface area contributed by atoms with E-state index < -0.39 is 43.1 Å². The van der Waals surface area contributed by atoms with Crippen LogP contribution in [0.25, 0.3) is 33.4 Å². The third-order valence-electron chi connectivity index (χ3n) is 15.0. The zero-order valence-electron chi connectivity index (χ0n) is 53.4. The highest BCUT2D eigenvalue weighted by atomic mass is 32.2. The third kappa shape index (κ3) is 16.6. The number of ether oxygens (including phenoxy) is 7. The van der Waals surface area contributed by atoms with Gasteiger partial charge in [0.15, 0.2) is 21.3 Å². The second kappa shape index (κ2) is 30.1. The number of sulfonamides is 2. The highest BCUT2D eigenvalue weighted by Gasteiger charge is 2.45. The van der Waals surface area contributed by atoms with Crippen LogP contribution in [0, 0.1) is 17.5 Å². The number of nitrogen functional groups attached to an aromatic ring is 1. The smallest absolute Gasteiger partial charge is 0.333 e. The first-order chi connectivity index (χ1) is 44.0. The average molecular weight is 1330 g/mol. The molecule has 6 N–H and O–H groups in total. The molecule has 25 nitrogen and oxygen atoms in total. The fraction of sp³-hybridized carbons (Fsp3) is 0.349. The van der Waals surface area contributed by atoms with Gasteiger partial charge in [0.1, 0.15) is 17.5 Å². The van der Waals surface area contributed by atoms with Gasteiger partial charge in [0.2, 0.25) is 23.7 Å². The zero-order chi connectivity index (χ0) is 68.3. The Morgan fingerprint density at radius 1 is 0.602 bits per heavy atom. The van der Waals surface area contributed by atoms with Crippen molar-refractivity contribution in [2.75, 3.05) is 73.0 Å². The molecule has 2 fully saturated rings. The molecule has 30 heteroatoms. The molecule has 8 aromatic rings.